The van der Waals surface area contributed by atoms with Crippen LogP contribution in [0.5, 0.6) is 5.75 Å². The number of benzene rings is 3. The molecule has 0 atom stereocenters. The highest BCUT2D eigenvalue weighted by molar-refractivity contribution is 8.18. The molecule has 202 valence electrons. The van der Waals surface area contributed by atoms with Crippen LogP contribution >= 0.6 is 11.8 Å². The average Bonchev–Trinajstić information content (AvgIpc) is 3.17. The number of carbonyl (C=O) groups is 4. The number of nitrogens with one attached hydrogen (secondary N) is 1. The Bertz CT molecular complexity index is 1570. The van der Waals surface area contributed by atoms with Crippen molar-refractivity contribution in [1.29, 1.82) is 0 Å². The van der Waals surface area contributed by atoms with Gasteiger partial charge in [-0.05, 0) is 54.6 Å². The van der Waals surface area contributed by atoms with E-state index in [4.69, 9.17) is 4.74 Å². The largest absolute Gasteiger partial charge is 0.423 e. The first-order valence-electron chi connectivity index (χ1n) is 11.4. The van der Waals surface area contributed by atoms with Crippen molar-refractivity contribution in [2.24, 2.45) is 0 Å². The summed E-state index contributed by atoms with van der Waals surface area (Å²) in [5, 5.41) is 24.2. The Labute approximate surface area is 229 Å². The number of thioether (sulfide) groups is 1. The van der Waals surface area contributed by atoms with Crippen molar-refractivity contribution in [1.82, 2.24) is 4.90 Å². The van der Waals surface area contributed by atoms with E-state index in [9.17, 15) is 39.4 Å². The topological polar surface area (TPSA) is 179 Å². The second-order valence-electron chi connectivity index (χ2n) is 8.40. The van der Waals surface area contributed by atoms with E-state index in [-0.39, 0.29) is 10.7 Å². The lowest BCUT2D eigenvalue weighted by molar-refractivity contribution is -0.394. The molecular formula is C26H18N4O9S. The number of rotatable bonds is 8. The molecule has 0 spiro atoms. The van der Waals surface area contributed by atoms with Crippen LogP contribution in [0.1, 0.15) is 21.5 Å². The second kappa shape index (κ2) is 11.6. The maximum absolute atomic E-state index is 12.8. The van der Waals surface area contributed by atoms with E-state index in [0.29, 0.717) is 23.0 Å². The summed E-state index contributed by atoms with van der Waals surface area (Å²) >= 11 is 0.635. The van der Waals surface area contributed by atoms with Crippen LogP contribution in [0.2, 0.25) is 0 Å². The number of esters is 1. The average molecular weight is 563 g/mol. The molecule has 1 aliphatic heterocycles. The first kappa shape index (κ1) is 27.7. The van der Waals surface area contributed by atoms with Gasteiger partial charge in [0.15, 0.2) is 0 Å². The van der Waals surface area contributed by atoms with Gasteiger partial charge in [-0.1, -0.05) is 29.8 Å². The van der Waals surface area contributed by atoms with Gasteiger partial charge in [-0.15, -0.1) is 0 Å². The number of nitro benzene ring substituents is 2. The van der Waals surface area contributed by atoms with Crippen LogP contribution < -0.4 is 10.1 Å². The molecular weight excluding hydrogens is 544 g/mol. The molecule has 0 aromatic heterocycles. The van der Waals surface area contributed by atoms with Crippen LogP contribution in [0, 0.1) is 27.2 Å². The summed E-state index contributed by atoms with van der Waals surface area (Å²) in [7, 11) is 0. The number of nitrogens with zero attached hydrogens (tertiary/aromatic N) is 3. The highest BCUT2D eigenvalue weighted by Crippen LogP contribution is 2.33. The lowest BCUT2D eigenvalue weighted by atomic mass is 10.1. The van der Waals surface area contributed by atoms with Gasteiger partial charge in [0, 0.05) is 17.8 Å². The summed E-state index contributed by atoms with van der Waals surface area (Å²) in [5.74, 6) is -2.34. The zero-order valence-electron chi connectivity index (χ0n) is 20.6. The van der Waals surface area contributed by atoms with Crippen molar-refractivity contribution in [2.45, 2.75) is 6.92 Å². The van der Waals surface area contributed by atoms with Crippen LogP contribution in [0.25, 0.3) is 6.08 Å². The minimum absolute atomic E-state index is 0.0235. The lowest BCUT2D eigenvalue weighted by Crippen LogP contribution is -2.36. The molecule has 0 unspecified atom stereocenters. The standard InChI is InChI=1S/C26H18N4O9S/c1-15-5-7-18(8-6-15)27-23(31)14-28-24(32)22(40-26(28)34)10-16-3-2-4-21(9-16)39-25(33)17-11-19(29(35)36)13-20(12-17)30(37)38/h2-13H,14H2,1H3,(H,27,31)/b22-10-. The number of ether oxygens (including phenoxy) is 1. The number of imide groups is 1. The number of nitro groups is 2. The van der Waals surface area contributed by atoms with Crippen LogP contribution in [-0.4, -0.2) is 44.3 Å². The van der Waals surface area contributed by atoms with Crippen molar-refractivity contribution in [3.63, 3.8) is 0 Å². The fraction of sp³-hybridized carbons (Fsp3) is 0.0769. The van der Waals surface area contributed by atoms with Gasteiger partial charge in [0.2, 0.25) is 5.91 Å². The molecule has 1 heterocycles. The minimum Gasteiger partial charge on any atom is -0.423 e. The molecule has 1 aliphatic rings. The summed E-state index contributed by atoms with van der Waals surface area (Å²) in [6.07, 6.45) is 1.37. The maximum Gasteiger partial charge on any atom is 0.344 e. The summed E-state index contributed by atoms with van der Waals surface area (Å²) in [5.41, 5.74) is 0.169. The van der Waals surface area contributed by atoms with Gasteiger partial charge in [0.1, 0.15) is 12.3 Å². The fourth-order valence-corrected chi connectivity index (χ4v) is 4.36. The van der Waals surface area contributed by atoms with Crippen molar-refractivity contribution < 1.29 is 33.8 Å². The van der Waals surface area contributed by atoms with Gasteiger partial charge in [0.25, 0.3) is 22.5 Å². The molecule has 4 rings (SSSR count). The third kappa shape index (κ3) is 6.54. The predicted octanol–water partition coefficient (Wildman–Crippen LogP) is 4.71. The van der Waals surface area contributed by atoms with Gasteiger partial charge >= 0.3 is 5.97 Å². The van der Waals surface area contributed by atoms with Crippen molar-refractivity contribution in [3.05, 3.63) is 109 Å². The van der Waals surface area contributed by atoms with Crippen molar-refractivity contribution >= 4 is 57.9 Å². The smallest absolute Gasteiger partial charge is 0.344 e. The van der Waals surface area contributed by atoms with Crippen LogP contribution in [-0.2, 0) is 9.59 Å². The Morgan fingerprint density at radius 1 is 0.975 bits per heavy atom. The summed E-state index contributed by atoms with van der Waals surface area (Å²) in [6, 6.07) is 15.2. The lowest BCUT2D eigenvalue weighted by Gasteiger charge is -2.12. The molecule has 3 amide bonds. The number of aryl methyl sites for hydroxylation is 1. The summed E-state index contributed by atoms with van der Waals surface area (Å²) in [4.78, 5) is 71.5. The molecule has 3 aromatic rings. The SMILES string of the molecule is Cc1ccc(NC(=O)CN2C(=O)S/C(=C\c3cccc(OC(=O)c4cc([N+](=O)[O-])cc([N+](=O)[O-])c4)c3)C2=O)cc1. The molecule has 3 aromatic carbocycles. The third-order valence-electron chi connectivity index (χ3n) is 5.44. The third-order valence-corrected chi connectivity index (χ3v) is 6.34. The van der Waals surface area contributed by atoms with Crippen LogP contribution in [0.15, 0.2) is 71.6 Å². The summed E-state index contributed by atoms with van der Waals surface area (Å²) in [6.45, 7) is 1.41. The number of anilines is 1. The van der Waals surface area contributed by atoms with E-state index in [2.05, 4.69) is 5.32 Å². The molecule has 0 radical (unpaired) electrons. The maximum atomic E-state index is 12.8. The number of hydrogen-bond acceptors (Lipinski definition) is 10. The molecule has 40 heavy (non-hydrogen) atoms. The molecule has 0 saturated carbocycles. The van der Waals surface area contributed by atoms with E-state index in [0.717, 1.165) is 28.7 Å². The number of non-ortho nitro benzene ring substituents is 2. The van der Waals surface area contributed by atoms with Gasteiger partial charge in [-0.2, -0.15) is 0 Å². The number of hydrogen-bond donors (Lipinski definition) is 1. The monoisotopic (exact) mass is 562 g/mol. The van der Waals surface area contributed by atoms with E-state index in [1.807, 2.05) is 6.92 Å². The highest BCUT2D eigenvalue weighted by atomic mass is 32.2. The zero-order chi connectivity index (χ0) is 29.0. The zero-order valence-corrected chi connectivity index (χ0v) is 21.4. The predicted molar refractivity (Wildman–Crippen MR) is 144 cm³/mol. The second-order valence-corrected chi connectivity index (χ2v) is 9.39. The van der Waals surface area contributed by atoms with Crippen LogP contribution in [0.3, 0.4) is 0 Å². The Morgan fingerprint density at radius 2 is 1.62 bits per heavy atom. The Kier molecular flexibility index (Phi) is 8.00. The van der Waals surface area contributed by atoms with E-state index in [1.165, 1.54) is 24.3 Å². The summed E-state index contributed by atoms with van der Waals surface area (Å²) < 4.78 is 5.23. The number of carbonyl (C=O) groups excluding carboxylic acids is 4. The van der Waals surface area contributed by atoms with Crippen molar-refractivity contribution in [3.8, 4) is 5.75 Å². The molecule has 1 fully saturated rings. The van der Waals surface area contributed by atoms with E-state index in [1.54, 1.807) is 30.3 Å². The van der Waals surface area contributed by atoms with E-state index < -0.39 is 56.4 Å². The van der Waals surface area contributed by atoms with Gasteiger partial charge in [0.05, 0.1) is 26.4 Å². The molecule has 13 nitrogen and oxygen atoms in total. The molecule has 14 heteroatoms. The van der Waals surface area contributed by atoms with Crippen molar-refractivity contribution in [2.75, 3.05) is 11.9 Å². The molecule has 0 aliphatic carbocycles. The van der Waals surface area contributed by atoms with Crippen LogP contribution in [0.4, 0.5) is 21.9 Å². The normalized spacial score (nSPS) is 13.8. The van der Waals surface area contributed by atoms with Gasteiger partial charge < -0.3 is 10.1 Å². The minimum atomic E-state index is -1.08. The molecule has 1 saturated heterocycles. The first-order valence-corrected chi connectivity index (χ1v) is 12.2. The fourth-order valence-electron chi connectivity index (χ4n) is 3.53. The van der Waals surface area contributed by atoms with Gasteiger partial charge in [-0.25, -0.2) is 4.79 Å². The highest BCUT2D eigenvalue weighted by Gasteiger charge is 2.36. The molecule has 0 bridgehead atoms. The Morgan fingerprint density at radius 3 is 2.25 bits per heavy atom. The molecule has 1 N–H and O–H groups in total. The first-order chi connectivity index (χ1) is 19.0. The Balaban J connectivity index is 1.46. The number of amides is 3. The van der Waals surface area contributed by atoms with Gasteiger partial charge in [-0.3, -0.25) is 39.5 Å². The Hall–Kier alpha value is -5.37. The van der Waals surface area contributed by atoms with E-state index >= 15 is 0 Å². The quantitative estimate of drug-likeness (QED) is 0.133.